The summed E-state index contributed by atoms with van der Waals surface area (Å²) in [7, 11) is 0. The van der Waals surface area contributed by atoms with Gasteiger partial charge < -0.3 is 14.5 Å². The molecule has 3 aromatic rings. The van der Waals surface area contributed by atoms with Crippen LogP contribution in [0.2, 0.25) is 0 Å². The molecule has 152 valence electrons. The zero-order chi connectivity index (χ0) is 20.6. The molecule has 8 heteroatoms. The molecule has 3 rings (SSSR count). The molecule has 0 saturated carbocycles. The Hall–Kier alpha value is -3.00. The maximum absolute atomic E-state index is 12.1. The second kappa shape index (κ2) is 9.97. The molecular formula is C21H24N4O3S. The van der Waals surface area contributed by atoms with Crippen molar-refractivity contribution in [1.82, 2.24) is 20.1 Å². The summed E-state index contributed by atoms with van der Waals surface area (Å²) in [6.45, 7) is 8.64. The molecule has 2 aromatic heterocycles. The minimum Gasteiger partial charge on any atom is -0.483 e. The SMILES string of the molecule is C=CCn1c(SCC(=O)NCc2ccco2)nnc1C(C)Oc1cccc(C)c1. The summed E-state index contributed by atoms with van der Waals surface area (Å²) < 4.78 is 13.2. The molecule has 29 heavy (non-hydrogen) atoms. The predicted molar refractivity (Wildman–Crippen MR) is 112 cm³/mol. The number of aromatic nitrogens is 3. The highest BCUT2D eigenvalue weighted by Gasteiger charge is 2.19. The molecule has 1 aromatic carbocycles. The van der Waals surface area contributed by atoms with E-state index in [4.69, 9.17) is 9.15 Å². The number of benzene rings is 1. The van der Waals surface area contributed by atoms with E-state index in [0.29, 0.717) is 29.8 Å². The number of furan rings is 1. The number of carbonyl (C=O) groups excluding carboxylic acids is 1. The average Bonchev–Trinajstić information content (AvgIpc) is 3.35. The Bertz CT molecular complexity index is 953. The largest absolute Gasteiger partial charge is 0.483 e. The summed E-state index contributed by atoms with van der Waals surface area (Å²) in [5.74, 6) is 2.29. The highest BCUT2D eigenvalue weighted by Crippen LogP contribution is 2.25. The molecule has 0 fully saturated rings. The second-order valence-corrected chi connectivity index (χ2v) is 7.40. The Morgan fingerprint density at radius 2 is 2.24 bits per heavy atom. The zero-order valence-electron chi connectivity index (χ0n) is 16.5. The third-order valence-corrected chi connectivity index (χ3v) is 5.06. The number of carbonyl (C=O) groups is 1. The molecule has 1 unspecified atom stereocenters. The Labute approximate surface area is 174 Å². The molecule has 0 spiro atoms. The standard InChI is InChI=1S/C21H24N4O3S/c1-4-10-25-20(16(3)28-17-8-5-7-15(2)12-17)23-24-21(25)29-14-19(26)22-13-18-9-6-11-27-18/h4-9,11-12,16H,1,10,13-14H2,2-3H3,(H,22,26). The Morgan fingerprint density at radius 1 is 1.38 bits per heavy atom. The van der Waals surface area contributed by atoms with E-state index < -0.39 is 0 Å². The van der Waals surface area contributed by atoms with Crippen LogP contribution in [0.15, 0.2) is 64.9 Å². The number of amides is 1. The molecule has 7 nitrogen and oxygen atoms in total. The fourth-order valence-corrected chi connectivity index (χ4v) is 3.52. The van der Waals surface area contributed by atoms with Crippen LogP contribution < -0.4 is 10.1 Å². The molecule has 1 N–H and O–H groups in total. The molecule has 1 atom stereocenters. The van der Waals surface area contributed by atoms with E-state index in [0.717, 1.165) is 11.3 Å². The molecule has 0 saturated heterocycles. The van der Waals surface area contributed by atoms with Crippen molar-refractivity contribution in [2.24, 2.45) is 0 Å². The van der Waals surface area contributed by atoms with Gasteiger partial charge in [0.05, 0.1) is 18.6 Å². The first-order valence-electron chi connectivity index (χ1n) is 9.26. The maximum Gasteiger partial charge on any atom is 0.230 e. The van der Waals surface area contributed by atoms with Gasteiger partial charge in [-0.3, -0.25) is 9.36 Å². The highest BCUT2D eigenvalue weighted by atomic mass is 32.2. The van der Waals surface area contributed by atoms with Crippen LogP contribution in [0.25, 0.3) is 0 Å². The fourth-order valence-electron chi connectivity index (χ4n) is 2.73. The van der Waals surface area contributed by atoms with Crippen LogP contribution in [0.5, 0.6) is 5.75 Å². The lowest BCUT2D eigenvalue weighted by atomic mass is 10.2. The minimum atomic E-state index is -0.300. The van der Waals surface area contributed by atoms with E-state index in [1.54, 1.807) is 18.4 Å². The van der Waals surface area contributed by atoms with Crippen LogP contribution in [0.1, 0.15) is 30.2 Å². The topological polar surface area (TPSA) is 82.2 Å². The lowest BCUT2D eigenvalue weighted by Gasteiger charge is -2.16. The van der Waals surface area contributed by atoms with Crippen LogP contribution in [-0.2, 0) is 17.9 Å². The number of nitrogens with one attached hydrogen (secondary N) is 1. The third kappa shape index (κ3) is 5.74. The van der Waals surface area contributed by atoms with Crippen molar-refractivity contribution >= 4 is 17.7 Å². The van der Waals surface area contributed by atoms with Crippen LogP contribution in [0, 0.1) is 6.92 Å². The third-order valence-electron chi connectivity index (χ3n) is 4.10. The van der Waals surface area contributed by atoms with Crippen LogP contribution >= 0.6 is 11.8 Å². The molecule has 0 radical (unpaired) electrons. The van der Waals surface area contributed by atoms with Crippen LogP contribution in [-0.4, -0.2) is 26.4 Å². The van der Waals surface area contributed by atoms with Crippen LogP contribution in [0.3, 0.4) is 0 Å². The number of hydrogen-bond donors (Lipinski definition) is 1. The van der Waals surface area contributed by atoms with Crippen molar-refractivity contribution in [2.45, 2.75) is 38.2 Å². The summed E-state index contributed by atoms with van der Waals surface area (Å²) in [5, 5.41) is 12.0. The van der Waals surface area contributed by atoms with Gasteiger partial charge in [-0.15, -0.1) is 16.8 Å². The second-order valence-electron chi connectivity index (χ2n) is 6.46. The number of rotatable bonds is 10. The summed E-state index contributed by atoms with van der Waals surface area (Å²) in [6.07, 6.45) is 3.05. The first-order valence-corrected chi connectivity index (χ1v) is 10.2. The normalized spacial score (nSPS) is 11.8. The number of thioether (sulfide) groups is 1. The number of aryl methyl sites for hydroxylation is 1. The molecule has 0 aliphatic heterocycles. The molecular weight excluding hydrogens is 388 g/mol. The summed E-state index contributed by atoms with van der Waals surface area (Å²) in [5.41, 5.74) is 1.12. The summed E-state index contributed by atoms with van der Waals surface area (Å²) in [4.78, 5) is 12.1. The number of allylic oxidation sites excluding steroid dienone is 1. The Balaban J connectivity index is 1.62. The number of hydrogen-bond acceptors (Lipinski definition) is 6. The number of ether oxygens (including phenoxy) is 1. The molecule has 1 amide bonds. The van der Waals surface area contributed by atoms with Gasteiger partial charge >= 0.3 is 0 Å². The Morgan fingerprint density at radius 3 is 2.97 bits per heavy atom. The van der Waals surface area contributed by atoms with Gasteiger partial charge in [-0.05, 0) is 43.7 Å². The lowest BCUT2D eigenvalue weighted by molar-refractivity contribution is -0.118. The minimum absolute atomic E-state index is 0.106. The van der Waals surface area contributed by atoms with Gasteiger partial charge in [0.2, 0.25) is 5.91 Å². The van der Waals surface area contributed by atoms with Crippen molar-refractivity contribution in [3.8, 4) is 5.75 Å². The van der Waals surface area contributed by atoms with Crippen molar-refractivity contribution in [3.63, 3.8) is 0 Å². The smallest absolute Gasteiger partial charge is 0.230 e. The van der Waals surface area contributed by atoms with E-state index in [9.17, 15) is 4.79 Å². The molecule has 0 aliphatic rings. The van der Waals surface area contributed by atoms with E-state index in [1.807, 2.05) is 48.7 Å². The molecule has 0 aliphatic carbocycles. The fraction of sp³-hybridized carbons (Fsp3) is 0.286. The predicted octanol–water partition coefficient (Wildman–Crippen LogP) is 3.91. The average molecular weight is 413 g/mol. The quantitative estimate of drug-likeness (QED) is 0.402. The van der Waals surface area contributed by atoms with Gasteiger partial charge in [0.15, 0.2) is 17.1 Å². The van der Waals surface area contributed by atoms with Crippen molar-refractivity contribution in [3.05, 3.63) is 72.5 Å². The van der Waals surface area contributed by atoms with Gasteiger partial charge in [0, 0.05) is 6.54 Å². The van der Waals surface area contributed by atoms with E-state index in [1.165, 1.54) is 11.8 Å². The van der Waals surface area contributed by atoms with E-state index in [2.05, 4.69) is 22.1 Å². The zero-order valence-corrected chi connectivity index (χ0v) is 17.3. The summed E-state index contributed by atoms with van der Waals surface area (Å²) in [6, 6.07) is 11.5. The van der Waals surface area contributed by atoms with E-state index >= 15 is 0 Å². The van der Waals surface area contributed by atoms with E-state index in [-0.39, 0.29) is 17.8 Å². The maximum atomic E-state index is 12.1. The van der Waals surface area contributed by atoms with Gasteiger partial charge in [-0.25, -0.2) is 0 Å². The van der Waals surface area contributed by atoms with Gasteiger partial charge in [-0.1, -0.05) is 30.0 Å². The molecule has 2 heterocycles. The van der Waals surface area contributed by atoms with Crippen molar-refractivity contribution in [1.29, 1.82) is 0 Å². The van der Waals surface area contributed by atoms with Gasteiger partial charge in [0.25, 0.3) is 0 Å². The van der Waals surface area contributed by atoms with Gasteiger partial charge in [-0.2, -0.15) is 0 Å². The Kier molecular flexibility index (Phi) is 7.13. The van der Waals surface area contributed by atoms with Gasteiger partial charge in [0.1, 0.15) is 11.5 Å². The summed E-state index contributed by atoms with van der Waals surface area (Å²) >= 11 is 1.32. The first-order chi connectivity index (χ1) is 14.1. The lowest BCUT2D eigenvalue weighted by Crippen LogP contribution is -2.24. The highest BCUT2D eigenvalue weighted by molar-refractivity contribution is 7.99. The monoisotopic (exact) mass is 412 g/mol. The number of nitrogens with zero attached hydrogens (tertiary/aromatic N) is 3. The first kappa shape index (κ1) is 20.7. The van der Waals surface area contributed by atoms with Crippen LogP contribution in [0.4, 0.5) is 0 Å². The van der Waals surface area contributed by atoms with Crippen molar-refractivity contribution in [2.75, 3.05) is 5.75 Å². The van der Waals surface area contributed by atoms with Crippen molar-refractivity contribution < 1.29 is 13.9 Å². The molecule has 0 bridgehead atoms.